The molecule has 0 saturated carbocycles. The molecule has 0 bridgehead atoms. The van der Waals surface area contributed by atoms with Crippen molar-refractivity contribution in [3.8, 4) is 17.0 Å². The van der Waals surface area contributed by atoms with Crippen molar-refractivity contribution >= 4 is 29.9 Å². The Kier molecular flexibility index (Phi) is 7.17. The Morgan fingerprint density at radius 1 is 1.18 bits per heavy atom. The quantitative estimate of drug-likeness (QED) is 0.367. The first-order chi connectivity index (χ1) is 15.7. The predicted octanol–water partition coefficient (Wildman–Crippen LogP) is 6.36. The normalized spacial score (nSPS) is 19.7. The van der Waals surface area contributed by atoms with Crippen molar-refractivity contribution in [2.24, 2.45) is 0 Å². The Hall–Kier alpha value is -1.90. The first kappa shape index (κ1) is 24.2. The second kappa shape index (κ2) is 9.76. The van der Waals surface area contributed by atoms with Crippen molar-refractivity contribution < 1.29 is 18.5 Å². The van der Waals surface area contributed by atoms with Gasteiger partial charge in [-0.25, -0.2) is 4.79 Å². The molecule has 1 spiro atoms. The van der Waals surface area contributed by atoms with E-state index < -0.39 is 5.60 Å². The highest BCUT2D eigenvalue weighted by Gasteiger charge is 2.45. The zero-order valence-electron chi connectivity index (χ0n) is 19.9. The highest BCUT2D eigenvalue weighted by atomic mass is 32.2. The summed E-state index contributed by atoms with van der Waals surface area (Å²) in [6, 6.07) is 10.5. The van der Waals surface area contributed by atoms with Crippen LogP contribution in [0.4, 0.5) is 4.79 Å². The van der Waals surface area contributed by atoms with Crippen LogP contribution in [0.5, 0.6) is 5.75 Å². The number of ether oxygens (including phenoxy) is 2. The number of fused-ring (bicyclic) bond motifs is 1. The van der Waals surface area contributed by atoms with Gasteiger partial charge in [-0.15, -0.1) is 11.8 Å². The van der Waals surface area contributed by atoms with Gasteiger partial charge in [0, 0.05) is 54.6 Å². The van der Waals surface area contributed by atoms with E-state index in [1.54, 1.807) is 16.7 Å². The Morgan fingerprint density at radius 3 is 2.48 bits per heavy atom. The van der Waals surface area contributed by atoms with Gasteiger partial charge < -0.3 is 18.6 Å². The van der Waals surface area contributed by atoms with Gasteiger partial charge >= 0.3 is 6.09 Å². The highest BCUT2D eigenvalue weighted by Crippen LogP contribution is 2.47. The van der Waals surface area contributed by atoms with Crippen LogP contribution in [-0.4, -0.2) is 52.8 Å². The first-order valence-corrected chi connectivity index (χ1v) is 13.6. The fourth-order valence-electron chi connectivity index (χ4n) is 4.37. The zero-order valence-corrected chi connectivity index (χ0v) is 21.6. The molecule has 178 valence electrons. The van der Waals surface area contributed by atoms with Crippen LogP contribution in [0.25, 0.3) is 11.3 Å². The lowest BCUT2D eigenvalue weighted by molar-refractivity contribution is -0.0494. The number of hydrogen-bond donors (Lipinski definition) is 0. The molecule has 1 fully saturated rings. The van der Waals surface area contributed by atoms with Gasteiger partial charge in [-0.05, 0) is 57.3 Å². The van der Waals surface area contributed by atoms with Crippen molar-refractivity contribution in [2.75, 3.05) is 25.6 Å². The Bertz CT molecular complexity index is 983. The molecule has 0 N–H and O–H groups in total. The van der Waals surface area contributed by atoms with Crippen LogP contribution in [0.1, 0.15) is 51.7 Å². The zero-order chi connectivity index (χ0) is 23.6. The summed E-state index contributed by atoms with van der Waals surface area (Å²) in [7, 11) is 0. The molecule has 4 rings (SSSR count). The number of hydrogen-bond acceptors (Lipinski definition) is 7. The fourth-order valence-corrected chi connectivity index (χ4v) is 5.18. The molecule has 1 atom stereocenters. The molecule has 3 heterocycles. The lowest BCUT2D eigenvalue weighted by Crippen LogP contribution is -2.52. The smallest absolute Gasteiger partial charge is 0.410 e. The maximum atomic E-state index is 12.5. The standard InChI is InChI=1S/C25H32N2O4S2/c1-24(2,3)30-23(28)27-12-10-25(11-13-27)15-21(31-33-5)19-14-20(26-16-22(19)29-25)17-6-8-18(32-4)9-7-17/h6-9,14,16,21H,10-13,15H2,1-5H3. The molecule has 0 radical (unpaired) electrons. The van der Waals surface area contributed by atoms with E-state index in [1.807, 2.05) is 33.2 Å². The minimum absolute atomic E-state index is 0.0935. The van der Waals surface area contributed by atoms with E-state index in [0.29, 0.717) is 13.1 Å². The number of nitrogens with zero attached hydrogens (tertiary/aromatic N) is 2. The molecule has 1 amide bonds. The number of pyridine rings is 1. The second-order valence-corrected chi connectivity index (χ2v) is 10.9. The minimum atomic E-state index is -0.497. The molecule has 8 heteroatoms. The number of thioether (sulfide) groups is 1. The van der Waals surface area contributed by atoms with E-state index in [9.17, 15) is 4.79 Å². The lowest BCUT2D eigenvalue weighted by Gasteiger charge is -2.46. The second-order valence-electron chi connectivity index (χ2n) is 9.54. The maximum Gasteiger partial charge on any atom is 0.410 e. The number of rotatable bonds is 4. The summed E-state index contributed by atoms with van der Waals surface area (Å²) >= 11 is 3.10. The summed E-state index contributed by atoms with van der Waals surface area (Å²) in [4.78, 5) is 20.2. The molecular formula is C25H32N2O4S2. The van der Waals surface area contributed by atoms with Crippen molar-refractivity contribution in [2.45, 2.75) is 62.2 Å². The molecule has 2 aliphatic rings. The summed E-state index contributed by atoms with van der Waals surface area (Å²) < 4.78 is 18.2. The number of piperidine rings is 1. The number of amides is 1. The summed E-state index contributed by atoms with van der Waals surface area (Å²) in [5.74, 6) is 0.774. The van der Waals surface area contributed by atoms with Gasteiger partial charge in [-0.1, -0.05) is 12.1 Å². The van der Waals surface area contributed by atoms with Crippen LogP contribution in [0.2, 0.25) is 0 Å². The van der Waals surface area contributed by atoms with Crippen LogP contribution in [-0.2, 0) is 8.92 Å². The number of benzene rings is 1. The largest absolute Gasteiger partial charge is 0.485 e. The van der Waals surface area contributed by atoms with E-state index in [1.165, 1.54) is 16.9 Å². The molecule has 33 heavy (non-hydrogen) atoms. The van der Waals surface area contributed by atoms with Gasteiger partial charge in [-0.2, -0.15) is 0 Å². The van der Waals surface area contributed by atoms with E-state index in [-0.39, 0.29) is 17.8 Å². The summed E-state index contributed by atoms with van der Waals surface area (Å²) in [5.41, 5.74) is 2.15. The average molecular weight is 489 g/mol. The first-order valence-electron chi connectivity index (χ1n) is 11.2. The molecule has 1 aromatic carbocycles. The summed E-state index contributed by atoms with van der Waals surface area (Å²) in [6.07, 6.45) is 7.70. The number of carbonyl (C=O) groups is 1. The van der Waals surface area contributed by atoms with E-state index in [2.05, 4.69) is 36.6 Å². The molecule has 0 aliphatic carbocycles. The molecule has 1 unspecified atom stereocenters. The van der Waals surface area contributed by atoms with Crippen LogP contribution < -0.4 is 4.74 Å². The minimum Gasteiger partial charge on any atom is -0.485 e. The van der Waals surface area contributed by atoms with Crippen LogP contribution in [0, 0.1) is 0 Å². The van der Waals surface area contributed by atoms with Gasteiger partial charge in [-0.3, -0.25) is 4.98 Å². The van der Waals surface area contributed by atoms with Crippen LogP contribution in [0.3, 0.4) is 0 Å². The van der Waals surface area contributed by atoms with Crippen molar-refractivity contribution in [1.29, 1.82) is 0 Å². The molecule has 2 aromatic rings. The van der Waals surface area contributed by atoms with E-state index in [4.69, 9.17) is 18.6 Å². The highest BCUT2D eigenvalue weighted by molar-refractivity contribution is 7.98. The SMILES string of the molecule is CSOC1CC2(CCN(C(=O)OC(C)(C)C)CC2)Oc2cnc(-c3ccc(SC)cc3)cc21. The number of carbonyl (C=O) groups excluding carboxylic acids is 1. The predicted molar refractivity (Wildman–Crippen MR) is 134 cm³/mol. The Morgan fingerprint density at radius 2 is 1.88 bits per heavy atom. The average Bonchev–Trinajstić information content (AvgIpc) is 2.78. The third-order valence-electron chi connectivity index (χ3n) is 6.05. The molecule has 1 aromatic heterocycles. The number of aromatic nitrogens is 1. The monoisotopic (exact) mass is 488 g/mol. The topological polar surface area (TPSA) is 60.9 Å². The van der Waals surface area contributed by atoms with Gasteiger partial charge in [0.05, 0.1) is 11.9 Å². The molecule has 2 aliphatic heterocycles. The van der Waals surface area contributed by atoms with Gasteiger partial charge in [0.15, 0.2) is 0 Å². The third-order valence-corrected chi connectivity index (χ3v) is 7.22. The molecule has 6 nitrogen and oxygen atoms in total. The van der Waals surface area contributed by atoms with Gasteiger partial charge in [0.25, 0.3) is 0 Å². The molecular weight excluding hydrogens is 456 g/mol. The molecule has 1 saturated heterocycles. The van der Waals surface area contributed by atoms with Gasteiger partial charge in [0.2, 0.25) is 0 Å². The van der Waals surface area contributed by atoms with Crippen molar-refractivity contribution in [1.82, 2.24) is 9.88 Å². The Labute approximate surface area is 205 Å². The maximum absolute atomic E-state index is 12.5. The van der Waals surface area contributed by atoms with Gasteiger partial charge in [0.1, 0.15) is 23.1 Å². The van der Waals surface area contributed by atoms with E-state index >= 15 is 0 Å². The van der Waals surface area contributed by atoms with Crippen LogP contribution >= 0.6 is 23.8 Å². The summed E-state index contributed by atoms with van der Waals surface area (Å²) in [6.45, 7) is 6.87. The van der Waals surface area contributed by atoms with E-state index in [0.717, 1.165) is 41.8 Å². The van der Waals surface area contributed by atoms with Crippen LogP contribution in [0.15, 0.2) is 41.4 Å². The fraction of sp³-hybridized carbons (Fsp3) is 0.520. The third kappa shape index (κ3) is 5.61. The lowest BCUT2D eigenvalue weighted by atomic mass is 9.82. The van der Waals surface area contributed by atoms with Crippen molar-refractivity contribution in [3.05, 3.63) is 42.1 Å². The Balaban J connectivity index is 1.53. The summed E-state index contributed by atoms with van der Waals surface area (Å²) in [5, 5.41) is 0. The number of likely N-dealkylation sites (tertiary alicyclic amines) is 1. The van der Waals surface area contributed by atoms with Crippen molar-refractivity contribution in [3.63, 3.8) is 0 Å².